The van der Waals surface area contributed by atoms with Crippen molar-refractivity contribution in [1.82, 2.24) is 15.2 Å². The summed E-state index contributed by atoms with van der Waals surface area (Å²) in [7, 11) is 0. The van der Waals surface area contributed by atoms with Gasteiger partial charge in [-0.2, -0.15) is 0 Å². The average Bonchev–Trinajstić information content (AvgIpc) is 2.30. The minimum absolute atomic E-state index is 0.0840. The van der Waals surface area contributed by atoms with Crippen molar-refractivity contribution in [2.75, 3.05) is 13.1 Å². The quantitative estimate of drug-likeness (QED) is 0.602. The summed E-state index contributed by atoms with van der Waals surface area (Å²) in [5.74, 6) is -1.54. The number of nitrogens with one attached hydrogen (secondary N) is 1. The predicted molar refractivity (Wildman–Crippen MR) is 63.3 cm³/mol. The molecule has 2 rings (SSSR count). The van der Waals surface area contributed by atoms with Crippen LogP contribution in [0.5, 0.6) is 0 Å². The van der Waals surface area contributed by atoms with Crippen LogP contribution in [0.4, 0.5) is 0 Å². The lowest BCUT2D eigenvalue weighted by Crippen LogP contribution is -2.53. The molecular weight excluding hydrogens is 281 g/mol. The Bertz CT molecular complexity index is 531. The molecule has 3 amide bonds. The fourth-order valence-electron chi connectivity index (χ4n) is 1.50. The van der Waals surface area contributed by atoms with Crippen molar-refractivity contribution in [3.63, 3.8) is 0 Å². The molecule has 0 bridgehead atoms. The Balaban J connectivity index is 2.22. The number of amides is 3. The van der Waals surface area contributed by atoms with Crippen LogP contribution < -0.4 is 5.32 Å². The van der Waals surface area contributed by atoms with Crippen molar-refractivity contribution in [2.45, 2.75) is 0 Å². The predicted octanol–water partition coefficient (Wildman–Crippen LogP) is 0.487. The second-order valence-corrected chi connectivity index (χ2v) is 4.39. The Hall–Kier alpha value is -1.66. The van der Waals surface area contributed by atoms with E-state index in [1.807, 2.05) is 0 Å². The van der Waals surface area contributed by atoms with Gasteiger partial charge in [-0.3, -0.25) is 19.7 Å². The highest BCUT2D eigenvalue weighted by molar-refractivity contribution is 6.41. The standard InChI is InChI=1S/C10H7Cl2N3O3/c11-6-1-5(2-13-9(6)12)10(18)15-3-7(16)14-8(17)4-15/h1-2H,3-4H2,(H,14,16,17). The van der Waals surface area contributed by atoms with E-state index in [9.17, 15) is 14.4 Å². The number of carbonyl (C=O) groups excluding carboxylic acids is 3. The van der Waals surface area contributed by atoms with Crippen molar-refractivity contribution in [2.24, 2.45) is 0 Å². The maximum Gasteiger partial charge on any atom is 0.256 e. The molecule has 0 atom stereocenters. The van der Waals surface area contributed by atoms with Gasteiger partial charge in [0, 0.05) is 6.20 Å². The highest BCUT2D eigenvalue weighted by Gasteiger charge is 2.27. The number of hydrogen-bond donors (Lipinski definition) is 1. The van der Waals surface area contributed by atoms with Gasteiger partial charge in [-0.15, -0.1) is 0 Å². The van der Waals surface area contributed by atoms with E-state index >= 15 is 0 Å². The van der Waals surface area contributed by atoms with Crippen molar-refractivity contribution >= 4 is 40.9 Å². The first-order chi connectivity index (χ1) is 8.47. The summed E-state index contributed by atoms with van der Waals surface area (Å²) >= 11 is 11.4. The summed E-state index contributed by atoms with van der Waals surface area (Å²) in [5.41, 5.74) is 0.173. The van der Waals surface area contributed by atoms with E-state index in [1.54, 1.807) is 0 Å². The molecule has 1 aromatic rings. The smallest absolute Gasteiger partial charge is 0.256 e. The van der Waals surface area contributed by atoms with Gasteiger partial charge >= 0.3 is 0 Å². The molecule has 1 saturated heterocycles. The lowest BCUT2D eigenvalue weighted by Gasteiger charge is -2.25. The molecule has 94 valence electrons. The number of nitrogens with zero attached hydrogens (tertiary/aromatic N) is 2. The molecule has 1 fully saturated rings. The minimum atomic E-state index is -0.521. The molecule has 0 saturated carbocycles. The first kappa shape index (κ1) is 12.8. The number of hydrogen-bond acceptors (Lipinski definition) is 4. The number of imide groups is 1. The first-order valence-corrected chi connectivity index (χ1v) is 5.66. The van der Waals surface area contributed by atoms with Crippen molar-refractivity contribution < 1.29 is 14.4 Å². The highest BCUT2D eigenvalue weighted by Crippen LogP contribution is 2.20. The number of pyridine rings is 1. The largest absolute Gasteiger partial charge is 0.320 e. The maximum atomic E-state index is 12.0. The highest BCUT2D eigenvalue weighted by atomic mass is 35.5. The SMILES string of the molecule is O=C1CN(C(=O)c2cnc(Cl)c(Cl)c2)CC(=O)N1. The zero-order valence-electron chi connectivity index (χ0n) is 8.94. The zero-order valence-corrected chi connectivity index (χ0v) is 10.5. The molecule has 8 heteroatoms. The van der Waals surface area contributed by atoms with Gasteiger partial charge < -0.3 is 4.90 Å². The number of rotatable bonds is 1. The molecule has 0 aliphatic carbocycles. The Morgan fingerprint density at radius 1 is 1.28 bits per heavy atom. The summed E-state index contributed by atoms with van der Waals surface area (Å²) in [4.78, 5) is 39.2. The molecule has 0 unspecified atom stereocenters. The second-order valence-electron chi connectivity index (χ2n) is 3.63. The third-order valence-electron chi connectivity index (χ3n) is 2.28. The number of halogens is 2. The molecule has 1 aromatic heterocycles. The summed E-state index contributed by atoms with van der Waals surface area (Å²) < 4.78 is 0. The Kier molecular flexibility index (Phi) is 3.49. The maximum absolute atomic E-state index is 12.0. The summed E-state index contributed by atoms with van der Waals surface area (Å²) in [6, 6.07) is 1.34. The lowest BCUT2D eigenvalue weighted by atomic mass is 10.2. The summed E-state index contributed by atoms with van der Waals surface area (Å²) in [6.45, 7) is -0.352. The number of piperazine rings is 1. The molecule has 1 aliphatic rings. The van der Waals surface area contributed by atoms with Crippen LogP contribution in [0.2, 0.25) is 10.2 Å². The van der Waals surface area contributed by atoms with E-state index in [4.69, 9.17) is 23.2 Å². The number of carbonyl (C=O) groups is 3. The van der Waals surface area contributed by atoms with E-state index in [2.05, 4.69) is 10.3 Å². The van der Waals surface area contributed by atoms with E-state index in [-0.39, 0.29) is 28.8 Å². The van der Waals surface area contributed by atoms with E-state index < -0.39 is 17.7 Å². The number of aromatic nitrogens is 1. The van der Waals surface area contributed by atoms with Gasteiger partial charge in [0.1, 0.15) is 18.2 Å². The van der Waals surface area contributed by atoms with E-state index in [0.29, 0.717) is 0 Å². The van der Waals surface area contributed by atoms with Gasteiger partial charge in [-0.1, -0.05) is 23.2 Å². The summed E-state index contributed by atoms with van der Waals surface area (Å²) in [6.07, 6.45) is 1.24. The van der Waals surface area contributed by atoms with Crippen LogP contribution >= 0.6 is 23.2 Å². The normalized spacial score (nSPS) is 15.6. The molecule has 18 heavy (non-hydrogen) atoms. The van der Waals surface area contributed by atoms with Crippen molar-refractivity contribution in [3.8, 4) is 0 Å². The van der Waals surface area contributed by atoms with Crippen molar-refractivity contribution in [1.29, 1.82) is 0 Å². The Morgan fingerprint density at radius 3 is 2.44 bits per heavy atom. The van der Waals surface area contributed by atoms with Gasteiger partial charge in [0.25, 0.3) is 5.91 Å². The molecule has 2 heterocycles. The van der Waals surface area contributed by atoms with Gasteiger partial charge in [-0.25, -0.2) is 4.98 Å². The molecule has 0 aromatic carbocycles. The molecule has 0 spiro atoms. The molecular formula is C10H7Cl2N3O3. The minimum Gasteiger partial charge on any atom is -0.320 e. The van der Waals surface area contributed by atoms with Crippen LogP contribution in [0.25, 0.3) is 0 Å². The van der Waals surface area contributed by atoms with Crippen LogP contribution in [-0.2, 0) is 9.59 Å². The van der Waals surface area contributed by atoms with E-state index in [0.717, 1.165) is 4.90 Å². The van der Waals surface area contributed by atoms with Gasteiger partial charge in [-0.05, 0) is 6.07 Å². The van der Waals surface area contributed by atoms with Crippen LogP contribution in [-0.4, -0.2) is 40.7 Å². The van der Waals surface area contributed by atoms with Crippen LogP contribution in [0.1, 0.15) is 10.4 Å². The van der Waals surface area contributed by atoms with Gasteiger partial charge in [0.05, 0.1) is 10.6 Å². The van der Waals surface area contributed by atoms with Crippen LogP contribution in [0, 0.1) is 0 Å². The van der Waals surface area contributed by atoms with Gasteiger partial charge in [0.15, 0.2) is 0 Å². The van der Waals surface area contributed by atoms with Gasteiger partial charge in [0.2, 0.25) is 11.8 Å². The molecule has 1 aliphatic heterocycles. The Labute approximate surface area is 112 Å². The van der Waals surface area contributed by atoms with Crippen molar-refractivity contribution in [3.05, 3.63) is 28.0 Å². The van der Waals surface area contributed by atoms with E-state index in [1.165, 1.54) is 12.3 Å². The monoisotopic (exact) mass is 287 g/mol. The zero-order chi connectivity index (χ0) is 13.3. The molecule has 0 radical (unpaired) electrons. The van der Waals surface area contributed by atoms with Crippen LogP contribution in [0.3, 0.4) is 0 Å². The first-order valence-electron chi connectivity index (χ1n) is 4.90. The molecule has 6 nitrogen and oxygen atoms in total. The third-order valence-corrected chi connectivity index (χ3v) is 2.96. The fraction of sp³-hybridized carbons (Fsp3) is 0.200. The Morgan fingerprint density at radius 2 is 1.89 bits per heavy atom. The summed E-state index contributed by atoms with van der Waals surface area (Å²) in [5, 5.41) is 2.32. The second kappa shape index (κ2) is 4.91. The lowest BCUT2D eigenvalue weighted by molar-refractivity contribution is -0.135. The topological polar surface area (TPSA) is 79.4 Å². The van der Waals surface area contributed by atoms with Crippen LogP contribution in [0.15, 0.2) is 12.3 Å². The fourth-order valence-corrected chi connectivity index (χ4v) is 1.77. The average molecular weight is 288 g/mol. The third kappa shape index (κ3) is 2.60. The molecule has 1 N–H and O–H groups in total.